The minimum atomic E-state index is -0.346. The Hall–Kier alpha value is -2.31. The van der Waals surface area contributed by atoms with Crippen molar-refractivity contribution in [3.05, 3.63) is 57.8 Å². The zero-order valence-electron chi connectivity index (χ0n) is 13.1. The topological polar surface area (TPSA) is 74.3 Å². The van der Waals surface area contributed by atoms with E-state index in [0.29, 0.717) is 22.0 Å². The zero-order valence-corrected chi connectivity index (χ0v) is 14.6. The summed E-state index contributed by atoms with van der Waals surface area (Å²) in [7, 11) is 3.28. The van der Waals surface area contributed by atoms with Crippen LogP contribution in [0.15, 0.2) is 36.5 Å². The number of nitrogens with one attached hydrogen (secondary N) is 2. The molecule has 0 saturated carbocycles. The number of hydrogen-bond donors (Lipinski definition) is 2. The predicted octanol–water partition coefficient (Wildman–Crippen LogP) is 3.41. The van der Waals surface area contributed by atoms with Gasteiger partial charge in [-0.05, 0) is 24.3 Å². The molecule has 2 aromatic rings. The fourth-order valence-corrected chi connectivity index (χ4v) is 2.18. The Kier molecular flexibility index (Phi) is 6.00. The number of pyridine rings is 1. The van der Waals surface area contributed by atoms with Crippen molar-refractivity contribution in [1.29, 1.82) is 0 Å². The second-order valence-electron chi connectivity index (χ2n) is 5.14. The van der Waals surface area contributed by atoms with E-state index in [1.165, 1.54) is 11.1 Å². The third-order valence-corrected chi connectivity index (χ3v) is 3.92. The molecular formula is C16H16Cl2N4O2. The Morgan fingerprint density at radius 3 is 2.67 bits per heavy atom. The molecule has 6 nitrogen and oxygen atoms in total. The Bertz CT molecular complexity index is 765. The maximum absolute atomic E-state index is 12.3. The monoisotopic (exact) mass is 366 g/mol. The van der Waals surface area contributed by atoms with Crippen molar-refractivity contribution >= 4 is 40.8 Å². The van der Waals surface area contributed by atoms with Crippen LogP contribution in [-0.4, -0.2) is 35.9 Å². The number of nitrogens with zero attached hydrogens (tertiary/aromatic N) is 2. The normalized spacial score (nSPS) is 10.2. The van der Waals surface area contributed by atoms with E-state index in [-0.39, 0.29) is 23.5 Å². The second kappa shape index (κ2) is 7.99. The van der Waals surface area contributed by atoms with Crippen LogP contribution in [0.1, 0.15) is 16.1 Å². The van der Waals surface area contributed by atoms with Crippen molar-refractivity contribution in [2.45, 2.75) is 6.54 Å². The van der Waals surface area contributed by atoms with Gasteiger partial charge in [0.15, 0.2) is 0 Å². The molecule has 0 fully saturated rings. The highest BCUT2D eigenvalue weighted by molar-refractivity contribution is 6.44. The number of hydrogen-bond acceptors (Lipinski definition) is 3. The Labute approximate surface area is 149 Å². The Balaban J connectivity index is 2.09. The molecular weight excluding hydrogens is 351 g/mol. The van der Waals surface area contributed by atoms with Gasteiger partial charge in [0.1, 0.15) is 0 Å². The molecule has 1 aromatic carbocycles. The molecule has 1 aromatic heterocycles. The molecule has 2 rings (SSSR count). The van der Waals surface area contributed by atoms with E-state index in [9.17, 15) is 9.59 Å². The summed E-state index contributed by atoms with van der Waals surface area (Å²) in [5, 5.41) is 6.02. The Morgan fingerprint density at radius 2 is 1.96 bits per heavy atom. The minimum absolute atomic E-state index is 0.218. The molecule has 1 heterocycles. The van der Waals surface area contributed by atoms with E-state index in [1.54, 1.807) is 44.4 Å². The van der Waals surface area contributed by atoms with Crippen molar-refractivity contribution in [3.63, 3.8) is 0 Å². The molecule has 126 valence electrons. The van der Waals surface area contributed by atoms with Gasteiger partial charge in [-0.15, -0.1) is 0 Å². The number of anilines is 1. The number of rotatable bonds is 4. The molecule has 0 bridgehead atoms. The van der Waals surface area contributed by atoms with Crippen molar-refractivity contribution in [2.24, 2.45) is 0 Å². The summed E-state index contributed by atoms with van der Waals surface area (Å²) in [6.07, 6.45) is 1.51. The first-order valence-corrected chi connectivity index (χ1v) is 7.79. The summed E-state index contributed by atoms with van der Waals surface area (Å²) in [4.78, 5) is 29.4. The molecule has 0 aliphatic rings. The van der Waals surface area contributed by atoms with Crippen LogP contribution < -0.4 is 10.6 Å². The molecule has 0 atom stereocenters. The SMILES string of the molecule is CN(C)C(=O)NCc1cc(C(=O)Nc2cccc(Cl)c2Cl)ccn1. The summed E-state index contributed by atoms with van der Waals surface area (Å²) < 4.78 is 0. The maximum Gasteiger partial charge on any atom is 0.317 e. The van der Waals surface area contributed by atoms with E-state index >= 15 is 0 Å². The largest absolute Gasteiger partial charge is 0.332 e. The zero-order chi connectivity index (χ0) is 17.7. The van der Waals surface area contributed by atoms with Crippen LogP contribution in [0.2, 0.25) is 10.0 Å². The lowest BCUT2D eigenvalue weighted by atomic mass is 10.2. The highest BCUT2D eigenvalue weighted by atomic mass is 35.5. The van der Waals surface area contributed by atoms with Crippen molar-refractivity contribution in [2.75, 3.05) is 19.4 Å². The van der Waals surface area contributed by atoms with Crippen LogP contribution in [-0.2, 0) is 6.54 Å². The molecule has 24 heavy (non-hydrogen) atoms. The number of urea groups is 1. The highest BCUT2D eigenvalue weighted by Crippen LogP contribution is 2.29. The van der Waals surface area contributed by atoms with Crippen LogP contribution in [0.25, 0.3) is 0 Å². The van der Waals surface area contributed by atoms with Gasteiger partial charge >= 0.3 is 6.03 Å². The van der Waals surface area contributed by atoms with Crippen LogP contribution >= 0.6 is 23.2 Å². The minimum Gasteiger partial charge on any atom is -0.332 e. The standard InChI is InChI=1S/C16H16Cl2N4O2/c1-22(2)16(24)20-9-11-8-10(6-7-19-11)15(23)21-13-5-3-4-12(17)14(13)18/h3-8H,9H2,1-2H3,(H,20,24)(H,21,23). The number of amides is 3. The molecule has 0 spiro atoms. The predicted molar refractivity (Wildman–Crippen MR) is 94.6 cm³/mol. The van der Waals surface area contributed by atoms with E-state index in [2.05, 4.69) is 15.6 Å². The maximum atomic E-state index is 12.3. The summed E-state index contributed by atoms with van der Waals surface area (Å²) in [6.45, 7) is 0.218. The van der Waals surface area contributed by atoms with Crippen molar-refractivity contribution in [3.8, 4) is 0 Å². The van der Waals surface area contributed by atoms with Gasteiger partial charge in [-0.3, -0.25) is 9.78 Å². The molecule has 0 radical (unpaired) electrons. The number of benzene rings is 1. The van der Waals surface area contributed by atoms with Gasteiger partial charge in [0, 0.05) is 25.9 Å². The van der Waals surface area contributed by atoms with E-state index < -0.39 is 0 Å². The van der Waals surface area contributed by atoms with Crippen LogP contribution in [0.5, 0.6) is 0 Å². The molecule has 3 amide bonds. The number of halogens is 2. The quantitative estimate of drug-likeness (QED) is 0.870. The number of aromatic nitrogens is 1. The van der Waals surface area contributed by atoms with Crippen LogP contribution in [0.4, 0.5) is 10.5 Å². The fourth-order valence-electron chi connectivity index (χ4n) is 1.84. The summed E-state index contributed by atoms with van der Waals surface area (Å²) in [5.74, 6) is -0.346. The van der Waals surface area contributed by atoms with E-state index in [0.717, 1.165) is 0 Å². The molecule has 8 heteroatoms. The first-order valence-electron chi connectivity index (χ1n) is 7.04. The van der Waals surface area contributed by atoms with Gasteiger partial charge in [0.25, 0.3) is 5.91 Å². The molecule has 0 aliphatic heterocycles. The lowest BCUT2D eigenvalue weighted by molar-refractivity contribution is 0.102. The molecule has 0 saturated heterocycles. The third kappa shape index (κ3) is 4.59. The van der Waals surface area contributed by atoms with Crippen molar-refractivity contribution < 1.29 is 9.59 Å². The second-order valence-corrected chi connectivity index (χ2v) is 5.93. The molecule has 0 unspecified atom stereocenters. The van der Waals surface area contributed by atoms with Gasteiger partial charge in [-0.2, -0.15) is 0 Å². The lowest BCUT2D eigenvalue weighted by Crippen LogP contribution is -2.34. The molecule has 0 aliphatic carbocycles. The average molecular weight is 367 g/mol. The first-order chi connectivity index (χ1) is 11.4. The van der Waals surface area contributed by atoms with E-state index in [4.69, 9.17) is 23.2 Å². The fraction of sp³-hybridized carbons (Fsp3) is 0.188. The van der Waals surface area contributed by atoms with Gasteiger partial charge in [-0.25, -0.2) is 4.79 Å². The third-order valence-electron chi connectivity index (χ3n) is 3.11. The summed E-state index contributed by atoms with van der Waals surface area (Å²) in [6, 6.07) is 7.92. The highest BCUT2D eigenvalue weighted by Gasteiger charge is 2.11. The van der Waals surface area contributed by atoms with Crippen molar-refractivity contribution in [1.82, 2.24) is 15.2 Å². The Morgan fingerprint density at radius 1 is 1.21 bits per heavy atom. The summed E-state index contributed by atoms with van der Waals surface area (Å²) >= 11 is 12.0. The van der Waals surface area contributed by atoms with Gasteiger partial charge in [0.05, 0.1) is 28.0 Å². The summed E-state index contributed by atoms with van der Waals surface area (Å²) in [5.41, 5.74) is 1.39. The van der Waals surface area contributed by atoms with Gasteiger partial charge in [-0.1, -0.05) is 29.3 Å². The lowest BCUT2D eigenvalue weighted by Gasteiger charge is -2.12. The van der Waals surface area contributed by atoms with Crippen LogP contribution in [0, 0.1) is 0 Å². The van der Waals surface area contributed by atoms with Gasteiger partial charge in [0.2, 0.25) is 0 Å². The number of carbonyl (C=O) groups excluding carboxylic acids is 2. The average Bonchev–Trinajstić information content (AvgIpc) is 2.57. The number of carbonyl (C=O) groups is 2. The van der Waals surface area contributed by atoms with E-state index in [1.807, 2.05) is 0 Å². The van der Waals surface area contributed by atoms with Gasteiger partial charge < -0.3 is 15.5 Å². The molecule has 2 N–H and O–H groups in total. The smallest absolute Gasteiger partial charge is 0.317 e. The first kappa shape index (κ1) is 18.0. The van der Waals surface area contributed by atoms with Crippen LogP contribution in [0.3, 0.4) is 0 Å².